The molecule has 2 rings (SSSR count). The molecule has 0 aliphatic heterocycles. The molecular formula is C14H22N2O3S. The Labute approximate surface area is 120 Å². The van der Waals surface area contributed by atoms with E-state index in [1.54, 1.807) is 19.1 Å². The van der Waals surface area contributed by atoms with Crippen molar-refractivity contribution in [1.82, 2.24) is 4.72 Å². The van der Waals surface area contributed by atoms with Crippen LogP contribution in [0.3, 0.4) is 0 Å². The smallest absolute Gasteiger partial charge is 0.240 e. The molecule has 0 amide bonds. The maximum Gasteiger partial charge on any atom is 0.240 e. The molecule has 3 N–H and O–H groups in total. The van der Waals surface area contributed by atoms with Gasteiger partial charge in [-0.2, -0.15) is 0 Å². The maximum atomic E-state index is 12.1. The second kappa shape index (κ2) is 6.56. The van der Waals surface area contributed by atoms with Crippen molar-refractivity contribution in [1.29, 1.82) is 0 Å². The van der Waals surface area contributed by atoms with Crippen molar-refractivity contribution >= 4 is 15.7 Å². The van der Waals surface area contributed by atoms with Crippen LogP contribution in [0.4, 0.5) is 5.69 Å². The van der Waals surface area contributed by atoms with Gasteiger partial charge in [0.1, 0.15) is 0 Å². The van der Waals surface area contributed by atoms with Gasteiger partial charge in [-0.15, -0.1) is 0 Å². The van der Waals surface area contributed by atoms with Gasteiger partial charge in [0.2, 0.25) is 10.0 Å². The van der Waals surface area contributed by atoms with Gasteiger partial charge in [-0.1, -0.05) is 12.8 Å². The molecule has 0 bridgehead atoms. The maximum absolute atomic E-state index is 12.1. The molecule has 1 aromatic rings. The normalized spacial score (nSPS) is 16.6. The lowest BCUT2D eigenvalue weighted by Crippen LogP contribution is -2.28. The van der Waals surface area contributed by atoms with Crippen LogP contribution in [0, 0.1) is 6.92 Å². The van der Waals surface area contributed by atoms with Gasteiger partial charge in [0, 0.05) is 12.2 Å². The molecule has 0 aromatic heterocycles. The van der Waals surface area contributed by atoms with Gasteiger partial charge < -0.3 is 10.5 Å². The fourth-order valence-corrected chi connectivity index (χ4v) is 3.45. The lowest BCUT2D eigenvalue weighted by molar-refractivity contribution is 0.0626. The third kappa shape index (κ3) is 3.94. The molecule has 6 heteroatoms. The van der Waals surface area contributed by atoms with Gasteiger partial charge in [0.25, 0.3) is 0 Å². The van der Waals surface area contributed by atoms with E-state index >= 15 is 0 Å². The van der Waals surface area contributed by atoms with Crippen LogP contribution >= 0.6 is 0 Å². The average Bonchev–Trinajstić information content (AvgIpc) is 2.91. The topological polar surface area (TPSA) is 81.4 Å². The summed E-state index contributed by atoms with van der Waals surface area (Å²) in [6, 6.07) is 4.71. The summed E-state index contributed by atoms with van der Waals surface area (Å²) in [5, 5.41) is 0. The van der Waals surface area contributed by atoms with Gasteiger partial charge in [0.15, 0.2) is 0 Å². The van der Waals surface area contributed by atoms with E-state index in [2.05, 4.69) is 4.72 Å². The molecular weight excluding hydrogens is 276 g/mol. The Morgan fingerprint density at radius 1 is 1.35 bits per heavy atom. The van der Waals surface area contributed by atoms with E-state index in [1.807, 2.05) is 0 Å². The van der Waals surface area contributed by atoms with E-state index in [0.717, 1.165) is 18.4 Å². The lowest BCUT2D eigenvalue weighted by atomic mass is 10.2. The van der Waals surface area contributed by atoms with E-state index in [0.29, 0.717) is 24.9 Å². The molecule has 1 aromatic carbocycles. The van der Waals surface area contributed by atoms with E-state index in [9.17, 15) is 8.42 Å². The highest BCUT2D eigenvalue weighted by atomic mass is 32.2. The number of sulfonamides is 1. The Balaban J connectivity index is 1.85. The lowest BCUT2D eigenvalue weighted by Gasteiger charge is -2.12. The molecule has 1 saturated carbocycles. The van der Waals surface area contributed by atoms with Crippen molar-refractivity contribution in [2.75, 3.05) is 18.9 Å². The van der Waals surface area contributed by atoms with Crippen LogP contribution in [-0.2, 0) is 14.8 Å². The zero-order chi connectivity index (χ0) is 14.6. The minimum Gasteiger partial charge on any atom is -0.399 e. The van der Waals surface area contributed by atoms with Crippen LogP contribution in [0.5, 0.6) is 0 Å². The predicted molar refractivity (Wildman–Crippen MR) is 79.0 cm³/mol. The summed E-state index contributed by atoms with van der Waals surface area (Å²) >= 11 is 0. The largest absolute Gasteiger partial charge is 0.399 e. The first kappa shape index (κ1) is 15.3. The number of benzene rings is 1. The number of hydrogen-bond acceptors (Lipinski definition) is 4. The summed E-state index contributed by atoms with van der Waals surface area (Å²) in [6.07, 6.45) is 4.90. The van der Waals surface area contributed by atoms with Crippen LogP contribution in [0.25, 0.3) is 0 Å². The molecule has 0 unspecified atom stereocenters. The number of hydrogen-bond donors (Lipinski definition) is 2. The van der Waals surface area contributed by atoms with E-state index in [1.165, 1.54) is 18.9 Å². The molecule has 1 fully saturated rings. The summed E-state index contributed by atoms with van der Waals surface area (Å²) in [5.74, 6) is 0. The molecule has 20 heavy (non-hydrogen) atoms. The number of nitrogens with two attached hydrogens (primary N) is 1. The van der Waals surface area contributed by atoms with Crippen LogP contribution in [0.1, 0.15) is 31.2 Å². The summed E-state index contributed by atoms with van der Waals surface area (Å²) in [4.78, 5) is 0.241. The third-order valence-electron chi connectivity index (χ3n) is 3.60. The first-order chi connectivity index (χ1) is 9.49. The molecule has 112 valence electrons. The number of ether oxygens (including phenoxy) is 1. The van der Waals surface area contributed by atoms with Crippen molar-refractivity contribution in [3.63, 3.8) is 0 Å². The van der Waals surface area contributed by atoms with Crippen LogP contribution in [0.2, 0.25) is 0 Å². The van der Waals surface area contributed by atoms with Crippen molar-refractivity contribution < 1.29 is 13.2 Å². The fourth-order valence-electron chi connectivity index (χ4n) is 2.36. The van der Waals surface area contributed by atoms with Crippen LogP contribution in [0.15, 0.2) is 23.1 Å². The zero-order valence-electron chi connectivity index (χ0n) is 11.8. The highest BCUT2D eigenvalue weighted by Gasteiger charge is 2.17. The molecule has 5 nitrogen and oxygen atoms in total. The molecule has 1 aliphatic carbocycles. The van der Waals surface area contributed by atoms with Gasteiger partial charge >= 0.3 is 0 Å². The molecule has 0 atom stereocenters. The van der Waals surface area contributed by atoms with Crippen LogP contribution < -0.4 is 10.5 Å². The second-order valence-corrected chi connectivity index (χ2v) is 6.96. The highest BCUT2D eigenvalue weighted by molar-refractivity contribution is 7.89. The number of aryl methyl sites for hydroxylation is 1. The Kier molecular flexibility index (Phi) is 5.01. The molecule has 0 heterocycles. The highest BCUT2D eigenvalue weighted by Crippen LogP contribution is 2.20. The Bertz CT molecular complexity index is 552. The Morgan fingerprint density at radius 3 is 2.70 bits per heavy atom. The van der Waals surface area contributed by atoms with Crippen molar-refractivity contribution in [2.24, 2.45) is 0 Å². The van der Waals surface area contributed by atoms with Crippen LogP contribution in [-0.4, -0.2) is 27.7 Å². The van der Waals surface area contributed by atoms with Gasteiger partial charge in [0.05, 0.1) is 17.6 Å². The van der Waals surface area contributed by atoms with E-state index < -0.39 is 10.0 Å². The third-order valence-corrected chi connectivity index (χ3v) is 5.06. The summed E-state index contributed by atoms with van der Waals surface area (Å²) in [7, 11) is -3.48. The predicted octanol–water partition coefficient (Wildman–Crippen LogP) is 1.81. The summed E-state index contributed by atoms with van der Waals surface area (Å²) in [6.45, 7) is 2.50. The molecule has 1 aliphatic rings. The number of nitrogen functional groups attached to an aromatic ring is 1. The Hall–Kier alpha value is -1.11. The van der Waals surface area contributed by atoms with Crippen molar-refractivity contribution in [2.45, 2.75) is 43.6 Å². The summed E-state index contributed by atoms with van der Waals surface area (Å²) in [5.41, 5.74) is 7.04. The zero-order valence-corrected chi connectivity index (χ0v) is 12.6. The monoisotopic (exact) mass is 298 g/mol. The fraction of sp³-hybridized carbons (Fsp3) is 0.571. The van der Waals surface area contributed by atoms with Gasteiger partial charge in [-0.3, -0.25) is 0 Å². The quantitative estimate of drug-likeness (QED) is 0.620. The molecule has 0 radical (unpaired) electrons. The first-order valence-electron chi connectivity index (χ1n) is 6.96. The second-order valence-electron chi connectivity index (χ2n) is 5.19. The minimum atomic E-state index is -3.48. The minimum absolute atomic E-state index is 0.241. The first-order valence-corrected chi connectivity index (χ1v) is 8.45. The number of nitrogens with one attached hydrogen (secondary N) is 1. The van der Waals surface area contributed by atoms with Gasteiger partial charge in [-0.25, -0.2) is 13.1 Å². The summed E-state index contributed by atoms with van der Waals surface area (Å²) < 4.78 is 32.4. The van der Waals surface area contributed by atoms with Crippen molar-refractivity contribution in [3.05, 3.63) is 23.8 Å². The molecule has 0 saturated heterocycles. The van der Waals surface area contributed by atoms with E-state index in [4.69, 9.17) is 10.5 Å². The van der Waals surface area contributed by atoms with Gasteiger partial charge in [-0.05, 0) is 43.5 Å². The number of anilines is 1. The molecule has 0 spiro atoms. The standard InChI is InChI=1S/C14H22N2O3S/c1-11-10-13(6-7-14(11)15)20(17,18)16-8-9-19-12-4-2-3-5-12/h6-7,10,12,16H,2-5,8-9,15H2,1H3. The average molecular weight is 298 g/mol. The Morgan fingerprint density at radius 2 is 2.05 bits per heavy atom. The number of rotatable bonds is 6. The van der Waals surface area contributed by atoms with E-state index in [-0.39, 0.29) is 4.90 Å². The SMILES string of the molecule is Cc1cc(S(=O)(=O)NCCOC2CCCC2)ccc1N. The van der Waals surface area contributed by atoms with Crippen molar-refractivity contribution in [3.8, 4) is 0 Å².